The van der Waals surface area contributed by atoms with Crippen LogP contribution in [0.5, 0.6) is 0 Å². The van der Waals surface area contributed by atoms with Crippen LogP contribution in [0.15, 0.2) is 35.6 Å². The molecule has 4 N–H and O–H groups in total. The molecule has 21 heavy (non-hydrogen) atoms. The number of hydrogen-bond donors (Lipinski definition) is 3. The van der Waals surface area contributed by atoms with Gasteiger partial charge in [0.15, 0.2) is 5.84 Å². The van der Waals surface area contributed by atoms with Gasteiger partial charge >= 0.3 is 0 Å². The summed E-state index contributed by atoms with van der Waals surface area (Å²) in [4.78, 5) is 12.0. The second kappa shape index (κ2) is 6.08. The fourth-order valence-corrected chi connectivity index (χ4v) is 1.95. The SMILES string of the molecule is Cc1nn(C)cc1NC(=O)Cc1ccc(/C(N)=N/O)cc1. The molecule has 7 heteroatoms. The van der Waals surface area contributed by atoms with Crippen molar-refractivity contribution >= 4 is 17.4 Å². The van der Waals surface area contributed by atoms with Crippen LogP contribution in [-0.4, -0.2) is 26.7 Å². The molecule has 0 saturated carbocycles. The van der Waals surface area contributed by atoms with Crippen molar-refractivity contribution in [2.24, 2.45) is 17.9 Å². The summed E-state index contributed by atoms with van der Waals surface area (Å²) < 4.78 is 1.65. The van der Waals surface area contributed by atoms with E-state index in [9.17, 15) is 4.79 Å². The molecule has 0 unspecified atom stereocenters. The molecule has 0 saturated heterocycles. The second-order valence-electron chi connectivity index (χ2n) is 4.71. The molecular formula is C14H17N5O2. The Balaban J connectivity index is 2.01. The first-order valence-corrected chi connectivity index (χ1v) is 6.36. The maximum atomic E-state index is 12.0. The molecule has 2 aromatic rings. The topological polar surface area (TPSA) is 106 Å². The monoisotopic (exact) mass is 287 g/mol. The predicted molar refractivity (Wildman–Crippen MR) is 79.2 cm³/mol. The van der Waals surface area contributed by atoms with Crippen molar-refractivity contribution in [1.29, 1.82) is 0 Å². The van der Waals surface area contributed by atoms with Crippen LogP contribution in [0.2, 0.25) is 0 Å². The number of aryl methyl sites for hydroxylation is 2. The number of hydrogen-bond acceptors (Lipinski definition) is 4. The first-order chi connectivity index (χ1) is 9.99. The van der Waals surface area contributed by atoms with Crippen LogP contribution in [0.1, 0.15) is 16.8 Å². The molecule has 0 aliphatic heterocycles. The van der Waals surface area contributed by atoms with Gasteiger partial charge in [0.05, 0.1) is 17.8 Å². The standard InChI is InChI=1S/C14H17N5O2/c1-9-12(8-19(2)17-9)16-13(20)7-10-3-5-11(6-4-10)14(15)18-21/h3-6,8,21H,7H2,1-2H3,(H2,15,18)(H,16,20). The zero-order valence-electron chi connectivity index (χ0n) is 11.9. The van der Waals surface area contributed by atoms with Crippen molar-refractivity contribution in [2.75, 3.05) is 5.32 Å². The van der Waals surface area contributed by atoms with Crippen molar-refractivity contribution < 1.29 is 10.0 Å². The Hall–Kier alpha value is -2.83. The lowest BCUT2D eigenvalue weighted by Crippen LogP contribution is -2.15. The van der Waals surface area contributed by atoms with Crippen LogP contribution in [0.3, 0.4) is 0 Å². The van der Waals surface area contributed by atoms with E-state index in [1.54, 1.807) is 42.2 Å². The zero-order chi connectivity index (χ0) is 15.4. The smallest absolute Gasteiger partial charge is 0.228 e. The number of nitrogens with one attached hydrogen (secondary N) is 1. The number of nitrogens with two attached hydrogens (primary N) is 1. The first-order valence-electron chi connectivity index (χ1n) is 6.36. The highest BCUT2D eigenvalue weighted by molar-refractivity contribution is 5.97. The minimum absolute atomic E-state index is 0.0389. The molecule has 110 valence electrons. The third-order valence-electron chi connectivity index (χ3n) is 3.01. The van der Waals surface area contributed by atoms with Crippen LogP contribution in [0.25, 0.3) is 0 Å². The van der Waals surface area contributed by atoms with Crippen molar-refractivity contribution in [1.82, 2.24) is 9.78 Å². The summed E-state index contributed by atoms with van der Waals surface area (Å²) >= 11 is 0. The normalized spacial score (nSPS) is 11.4. The van der Waals surface area contributed by atoms with E-state index in [1.807, 2.05) is 6.92 Å². The van der Waals surface area contributed by atoms with Crippen molar-refractivity contribution in [3.05, 3.63) is 47.3 Å². The molecule has 1 amide bonds. The van der Waals surface area contributed by atoms with Gasteiger partial charge in [0, 0.05) is 18.8 Å². The number of anilines is 1. The van der Waals surface area contributed by atoms with Crippen LogP contribution in [0, 0.1) is 6.92 Å². The van der Waals surface area contributed by atoms with E-state index in [0.717, 1.165) is 11.3 Å². The molecule has 1 heterocycles. The minimum atomic E-state index is -0.123. The van der Waals surface area contributed by atoms with Gasteiger partial charge in [0.25, 0.3) is 0 Å². The molecule has 0 aliphatic carbocycles. The number of carbonyl (C=O) groups excluding carboxylic acids is 1. The van der Waals surface area contributed by atoms with Crippen LogP contribution < -0.4 is 11.1 Å². The summed E-state index contributed by atoms with van der Waals surface area (Å²) in [7, 11) is 1.80. The molecule has 0 aliphatic rings. The Morgan fingerprint density at radius 2 is 2.10 bits per heavy atom. The molecular weight excluding hydrogens is 270 g/mol. The number of amidine groups is 1. The van der Waals surface area contributed by atoms with E-state index < -0.39 is 0 Å². The number of carbonyl (C=O) groups is 1. The molecule has 7 nitrogen and oxygen atoms in total. The molecule has 0 atom stereocenters. The highest BCUT2D eigenvalue weighted by Gasteiger charge is 2.09. The Morgan fingerprint density at radius 1 is 1.43 bits per heavy atom. The summed E-state index contributed by atoms with van der Waals surface area (Å²) in [6.07, 6.45) is 2.00. The maximum Gasteiger partial charge on any atom is 0.228 e. The van der Waals surface area contributed by atoms with Gasteiger partial charge < -0.3 is 16.3 Å². The fraction of sp³-hybridized carbons (Fsp3) is 0.214. The Kier molecular flexibility index (Phi) is 4.22. The van der Waals surface area contributed by atoms with Crippen molar-refractivity contribution in [3.8, 4) is 0 Å². The lowest BCUT2D eigenvalue weighted by Gasteiger charge is -2.05. The van der Waals surface area contributed by atoms with Crippen LogP contribution in [0.4, 0.5) is 5.69 Å². The lowest BCUT2D eigenvalue weighted by molar-refractivity contribution is -0.115. The highest BCUT2D eigenvalue weighted by Crippen LogP contribution is 2.12. The van der Waals surface area contributed by atoms with Crippen LogP contribution >= 0.6 is 0 Å². The zero-order valence-corrected chi connectivity index (χ0v) is 11.9. The van der Waals surface area contributed by atoms with Gasteiger partial charge in [-0.05, 0) is 12.5 Å². The van der Waals surface area contributed by atoms with E-state index in [4.69, 9.17) is 10.9 Å². The lowest BCUT2D eigenvalue weighted by atomic mass is 10.1. The van der Waals surface area contributed by atoms with Crippen molar-refractivity contribution in [3.63, 3.8) is 0 Å². The molecule has 1 aromatic heterocycles. The number of benzene rings is 1. The Morgan fingerprint density at radius 3 is 2.62 bits per heavy atom. The van der Waals surface area contributed by atoms with E-state index >= 15 is 0 Å². The van der Waals surface area contributed by atoms with Gasteiger partial charge in [-0.2, -0.15) is 5.10 Å². The predicted octanol–water partition coefficient (Wildman–Crippen LogP) is 1.00. The van der Waals surface area contributed by atoms with Gasteiger partial charge in [-0.3, -0.25) is 9.48 Å². The third kappa shape index (κ3) is 3.59. The van der Waals surface area contributed by atoms with E-state index in [1.165, 1.54) is 0 Å². The van der Waals surface area contributed by atoms with E-state index in [2.05, 4.69) is 15.6 Å². The molecule has 1 aromatic carbocycles. The molecule has 0 bridgehead atoms. The largest absolute Gasteiger partial charge is 0.409 e. The Labute approximate surface area is 122 Å². The molecule has 0 radical (unpaired) electrons. The number of oxime groups is 1. The summed E-state index contributed by atoms with van der Waals surface area (Å²) in [5, 5.41) is 18.5. The average molecular weight is 287 g/mol. The van der Waals surface area contributed by atoms with Gasteiger partial charge in [-0.25, -0.2) is 0 Å². The third-order valence-corrected chi connectivity index (χ3v) is 3.01. The second-order valence-corrected chi connectivity index (χ2v) is 4.71. The number of aromatic nitrogens is 2. The molecule has 2 rings (SSSR count). The number of amides is 1. The van der Waals surface area contributed by atoms with Crippen molar-refractivity contribution in [2.45, 2.75) is 13.3 Å². The summed E-state index contributed by atoms with van der Waals surface area (Å²) in [5.41, 5.74) is 8.39. The summed E-state index contributed by atoms with van der Waals surface area (Å²) in [6.45, 7) is 1.83. The van der Waals surface area contributed by atoms with Gasteiger partial charge in [0.1, 0.15) is 0 Å². The number of nitrogens with zero attached hydrogens (tertiary/aromatic N) is 3. The Bertz CT molecular complexity index is 673. The summed E-state index contributed by atoms with van der Waals surface area (Å²) in [6, 6.07) is 6.94. The maximum absolute atomic E-state index is 12.0. The average Bonchev–Trinajstić information content (AvgIpc) is 2.76. The van der Waals surface area contributed by atoms with Crippen LogP contribution in [-0.2, 0) is 18.3 Å². The fourth-order valence-electron chi connectivity index (χ4n) is 1.95. The van der Waals surface area contributed by atoms with Gasteiger partial charge in [0.2, 0.25) is 5.91 Å². The minimum Gasteiger partial charge on any atom is -0.409 e. The van der Waals surface area contributed by atoms with E-state index in [0.29, 0.717) is 11.3 Å². The summed E-state index contributed by atoms with van der Waals surface area (Å²) in [5.74, 6) is -0.0837. The van der Waals surface area contributed by atoms with Gasteiger partial charge in [-0.1, -0.05) is 29.4 Å². The number of rotatable bonds is 4. The van der Waals surface area contributed by atoms with Gasteiger partial charge in [-0.15, -0.1) is 0 Å². The highest BCUT2D eigenvalue weighted by atomic mass is 16.4. The quantitative estimate of drug-likeness (QED) is 0.337. The molecule has 0 spiro atoms. The van der Waals surface area contributed by atoms with E-state index in [-0.39, 0.29) is 18.2 Å². The first kappa shape index (κ1) is 14.6. The molecule has 0 fully saturated rings.